The fourth-order valence-electron chi connectivity index (χ4n) is 3.44. The number of likely N-dealkylation sites (tertiary alicyclic amines) is 1. The van der Waals surface area contributed by atoms with Crippen LogP contribution < -0.4 is 10.6 Å². The summed E-state index contributed by atoms with van der Waals surface area (Å²) in [4.78, 5) is 38.4. The molecule has 0 unspecified atom stereocenters. The van der Waals surface area contributed by atoms with Crippen LogP contribution in [0.5, 0.6) is 0 Å². The summed E-state index contributed by atoms with van der Waals surface area (Å²) in [6.45, 7) is 1.59. The summed E-state index contributed by atoms with van der Waals surface area (Å²) >= 11 is 0. The normalized spacial score (nSPS) is 14.3. The summed E-state index contributed by atoms with van der Waals surface area (Å²) in [5.41, 5.74) is 1.60. The van der Waals surface area contributed by atoms with Gasteiger partial charge >= 0.3 is 0 Å². The first kappa shape index (κ1) is 20.6. The summed E-state index contributed by atoms with van der Waals surface area (Å²) in [5.74, 6) is -0.110. The number of nitrogens with zero attached hydrogens (tertiary/aromatic N) is 1. The van der Waals surface area contributed by atoms with Crippen LogP contribution in [0.1, 0.15) is 35.2 Å². The first-order valence-corrected chi connectivity index (χ1v) is 10.1. The highest BCUT2D eigenvalue weighted by Gasteiger charge is 2.23. The van der Waals surface area contributed by atoms with Gasteiger partial charge in [-0.25, -0.2) is 0 Å². The molecule has 2 aromatic carbocycles. The molecule has 6 nitrogen and oxygen atoms in total. The fourth-order valence-corrected chi connectivity index (χ4v) is 3.44. The highest BCUT2D eigenvalue weighted by atomic mass is 16.2. The molecule has 1 fully saturated rings. The lowest BCUT2D eigenvalue weighted by Crippen LogP contribution is -2.47. The molecule has 29 heavy (non-hydrogen) atoms. The Hall–Kier alpha value is -3.15. The van der Waals surface area contributed by atoms with Crippen molar-refractivity contribution in [3.8, 4) is 0 Å². The van der Waals surface area contributed by atoms with E-state index in [0.717, 1.165) is 18.4 Å². The van der Waals surface area contributed by atoms with Crippen molar-refractivity contribution in [3.63, 3.8) is 0 Å². The number of carbonyl (C=O) groups excluding carboxylic acids is 3. The molecule has 2 aromatic rings. The number of nitrogens with one attached hydrogen (secondary N) is 2. The van der Waals surface area contributed by atoms with Crippen LogP contribution >= 0.6 is 0 Å². The van der Waals surface area contributed by atoms with Crippen molar-refractivity contribution in [2.45, 2.75) is 31.7 Å². The zero-order chi connectivity index (χ0) is 20.5. The molecule has 6 heteroatoms. The molecule has 2 N–H and O–H groups in total. The Morgan fingerprint density at radius 2 is 1.52 bits per heavy atom. The summed E-state index contributed by atoms with van der Waals surface area (Å²) in [7, 11) is 0. The topological polar surface area (TPSA) is 78.5 Å². The Kier molecular flexibility index (Phi) is 7.39. The smallest absolute Gasteiger partial charge is 0.251 e. The molecule has 0 aliphatic carbocycles. The van der Waals surface area contributed by atoms with E-state index in [1.807, 2.05) is 53.4 Å². The molecule has 0 saturated carbocycles. The van der Waals surface area contributed by atoms with E-state index in [1.54, 1.807) is 12.1 Å². The molecule has 0 spiro atoms. The Labute approximate surface area is 171 Å². The molecule has 1 saturated heterocycles. The lowest BCUT2D eigenvalue weighted by Gasteiger charge is -2.32. The summed E-state index contributed by atoms with van der Waals surface area (Å²) in [6, 6.07) is 18.8. The first-order chi connectivity index (χ1) is 14.1. The van der Waals surface area contributed by atoms with Gasteiger partial charge in [0.15, 0.2) is 0 Å². The molecule has 1 aliphatic heterocycles. The van der Waals surface area contributed by atoms with Gasteiger partial charge in [-0.05, 0) is 30.5 Å². The Morgan fingerprint density at radius 1 is 0.897 bits per heavy atom. The molecule has 152 valence electrons. The van der Waals surface area contributed by atoms with Gasteiger partial charge in [0, 0.05) is 37.7 Å². The zero-order valence-corrected chi connectivity index (χ0v) is 16.5. The maximum Gasteiger partial charge on any atom is 0.251 e. The maximum atomic E-state index is 12.4. The van der Waals surface area contributed by atoms with E-state index in [9.17, 15) is 14.4 Å². The molecule has 1 aliphatic rings. The molecule has 0 aromatic heterocycles. The van der Waals surface area contributed by atoms with Crippen LogP contribution in [0.4, 0.5) is 0 Å². The molecule has 0 atom stereocenters. The van der Waals surface area contributed by atoms with E-state index in [0.29, 0.717) is 38.0 Å². The standard InChI is InChI=1S/C23H27N3O3/c27-21(17-18-7-3-1-4-8-18)24-14-11-22(28)26-15-12-20(13-16-26)25-23(29)19-9-5-2-6-10-19/h1-10,20H,11-17H2,(H,24,27)(H,25,29). The molecular weight excluding hydrogens is 366 g/mol. The molecule has 0 bridgehead atoms. The van der Waals surface area contributed by atoms with Gasteiger partial charge in [-0.3, -0.25) is 14.4 Å². The van der Waals surface area contributed by atoms with Gasteiger partial charge in [-0.15, -0.1) is 0 Å². The number of amides is 3. The van der Waals surface area contributed by atoms with Crippen molar-refractivity contribution in [2.75, 3.05) is 19.6 Å². The fraction of sp³-hybridized carbons (Fsp3) is 0.348. The van der Waals surface area contributed by atoms with Crippen LogP contribution in [0, 0.1) is 0 Å². The Balaban J connectivity index is 1.33. The highest BCUT2D eigenvalue weighted by molar-refractivity contribution is 5.94. The second-order valence-electron chi connectivity index (χ2n) is 7.26. The molecule has 1 heterocycles. The molecule has 3 rings (SSSR count). The largest absolute Gasteiger partial charge is 0.355 e. The van der Waals surface area contributed by atoms with Gasteiger partial charge in [0.25, 0.3) is 5.91 Å². The van der Waals surface area contributed by atoms with Crippen LogP contribution in [0.3, 0.4) is 0 Å². The lowest BCUT2D eigenvalue weighted by atomic mass is 10.0. The van der Waals surface area contributed by atoms with Gasteiger partial charge in [-0.1, -0.05) is 48.5 Å². The summed E-state index contributed by atoms with van der Waals surface area (Å²) < 4.78 is 0. The molecule has 0 radical (unpaired) electrons. The Morgan fingerprint density at radius 3 is 2.17 bits per heavy atom. The molecule has 3 amide bonds. The van der Waals surface area contributed by atoms with Gasteiger partial charge in [0.1, 0.15) is 0 Å². The predicted molar refractivity (Wildman–Crippen MR) is 111 cm³/mol. The molecular formula is C23H27N3O3. The third-order valence-electron chi connectivity index (χ3n) is 5.09. The van der Waals surface area contributed by atoms with Gasteiger partial charge in [0.2, 0.25) is 11.8 Å². The van der Waals surface area contributed by atoms with E-state index < -0.39 is 0 Å². The number of hydrogen-bond donors (Lipinski definition) is 2. The van der Waals surface area contributed by atoms with E-state index in [2.05, 4.69) is 10.6 Å². The van der Waals surface area contributed by atoms with Gasteiger partial charge < -0.3 is 15.5 Å². The minimum atomic E-state index is -0.0775. The maximum absolute atomic E-state index is 12.4. The predicted octanol–water partition coefficient (Wildman–Crippen LogP) is 2.16. The van der Waals surface area contributed by atoms with Gasteiger partial charge in [-0.2, -0.15) is 0 Å². The van der Waals surface area contributed by atoms with Crippen molar-refractivity contribution in [2.24, 2.45) is 0 Å². The average molecular weight is 393 g/mol. The van der Waals surface area contributed by atoms with E-state index in [4.69, 9.17) is 0 Å². The number of hydrogen-bond acceptors (Lipinski definition) is 3. The highest BCUT2D eigenvalue weighted by Crippen LogP contribution is 2.12. The average Bonchev–Trinajstić information content (AvgIpc) is 2.75. The summed E-state index contributed by atoms with van der Waals surface area (Å²) in [5, 5.41) is 5.85. The third-order valence-corrected chi connectivity index (χ3v) is 5.09. The second-order valence-corrected chi connectivity index (χ2v) is 7.26. The SMILES string of the molecule is O=C(Cc1ccccc1)NCCC(=O)N1CCC(NC(=O)c2ccccc2)CC1. The number of carbonyl (C=O) groups is 3. The van der Waals surface area contributed by atoms with Gasteiger partial charge in [0.05, 0.1) is 6.42 Å². The van der Waals surface area contributed by atoms with Crippen LogP contribution in [0.15, 0.2) is 60.7 Å². The van der Waals surface area contributed by atoms with Crippen molar-refractivity contribution >= 4 is 17.7 Å². The number of piperidine rings is 1. The van der Waals surface area contributed by atoms with E-state index in [1.165, 1.54) is 0 Å². The minimum absolute atomic E-state index is 0.0397. The minimum Gasteiger partial charge on any atom is -0.355 e. The quantitative estimate of drug-likeness (QED) is 0.757. The van der Waals surface area contributed by atoms with Crippen LogP contribution in [-0.4, -0.2) is 48.3 Å². The van der Waals surface area contributed by atoms with E-state index >= 15 is 0 Å². The van der Waals surface area contributed by atoms with Crippen molar-refractivity contribution in [1.82, 2.24) is 15.5 Å². The van der Waals surface area contributed by atoms with Crippen molar-refractivity contribution in [1.29, 1.82) is 0 Å². The van der Waals surface area contributed by atoms with Crippen LogP contribution in [0.2, 0.25) is 0 Å². The van der Waals surface area contributed by atoms with Crippen molar-refractivity contribution in [3.05, 3.63) is 71.8 Å². The van der Waals surface area contributed by atoms with Crippen LogP contribution in [0.25, 0.3) is 0 Å². The van der Waals surface area contributed by atoms with E-state index in [-0.39, 0.29) is 23.8 Å². The zero-order valence-electron chi connectivity index (χ0n) is 16.5. The monoisotopic (exact) mass is 393 g/mol. The first-order valence-electron chi connectivity index (χ1n) is 10.1. The van der Waals surface area contributed by atoms with Crippen molar-refractivity contribution < 1.29 is 14.4 Å². The summed E-state index contributed by atoms with van der Waals surface area (Å²) in [6.07, 6.45) is 2.10. The van der Waals surface area contributed by atoms with Crippen LogP contribution in [-0.2, 0) is 16.0 Å². The number of rotatable bonds is 7. The Bertz CT molecular complexity index is 816. The number of benzene rings is 2. The third kappa shape index (κ3) is 6.45. The second kappa shape index (κ2) is 10.4. The lowest BCUT2D eigenvalue weighted by molar-refractivity contribution is -0.132.